The molecule has 0 radical (unpaired) electrons. The molecule has 0 aliphatic rings. The lowest BCUT2D eigenvalue weighted by Crippen LogP contribution is -2.21. The number of nitrogens with one attached hydrogen (secondary N) is 1. The summed E-state index contributed by atoms with van der Waals surface area (Å²) in [6.07, 6.45) is 1.95. The zero-order chi connectivity index (χ0) is 15.5. The fourth-order valence-corrected chi connectivity index (χ4v) is 2.11. The second kappa shape index (κ2) is 10.5. The summed E-state index contributed by atoms with van der Waals surface area (Å²) in [5.41, 5.74) is 0.580. The Hall–Kier alpha value is -1.17. The molecule has 0 aromatic heterocycles. The highest BCUT2D eigenvalue weighted by atomic mass is 19.1. The van der Waals surface area contributed by atoms with E-state index in [1.807, 2.05) is 6.92 Å². The average molecular weight is 299 g/mol. The van der Waals surface area contributed by atoms with Crippen LogP contribution in [0.15, 0.2) is 18.2 Å². The van der Waals surface area contributed by atoms with Gasteiger partial charge in [-0.25, -0.2) is 4.39 Å². The van der Waals surface area contributed by atoms with E-state index in [0.29, 0.717) is 24.5 Å². The maximum absolute atomic E-state index is 13.9. The van der Waals surface area contributed by atoms with Gasteiger partial charge in [0.25, 0.3) is 0 Å². The third-order valence-electron chi connectivity index (χ3n) is 3.26. The molecule has 1 rings (SSSR count). The van der Waals surface area contributed by atoms with Crippen molar-refractivity contribution in [1.29, 1.82) is 0 Å². The minimum absolute atomic E-state index is 0.0874. The van der Waals surface area contributed by atoms with E-state index in [9.17, 15) is 4.39 Å². The van der Waals surface area contributed by atoms with Crippen molar-refractivity contribution >= 4 is 0 Å². The number of methoxy groups -OCH3 is 2. The van der Waals surface area contributed by atoms with Crippen molar-refractivity contribution in [3.05, 3.63) is 29.6 Å². The summed E-state index contributed by atoms with van der Waals surface area (Å²) in [5.74, 6) is 0.343. The highest BCUT2D eigenvalue weighted by Gasteiger charge is 2.15. The molecule has 1 aromatic rings. The molecule has 0 heterocycles. The summed E-state index contributed by atoms with van der Waals surface area (Å²) in [6, 6.07) is 4.80. The SMILES string of the molecule is COCCOCCCCNC(C)c1c(F)cccc1OC. The van der Waals surface area contributed by atoms with Gasteiger partial charge in [-0.3, -0.25) is 0 Å². The van der Waals surface area contributed by atoms with Crippen LogP contribution in [0.25, 0.3) is 0 Å². The Bertz CT molecular complexity index is 401. The van der Waals surface area contributed by atoms with Crippen molar-refractivity contribution in [2.24, 2.45) is 0 Å². The zero-order valence-corrected chi connectivity index (χ0v) is 13.2. The summed E-state index contributed by atoms with van der Waals surface area (Å²) in [4.78, 5) is 0. The molecule has 5 heteroatoms. The number of ether oxygens (including phenoxy) is 3. The Kier molecular flexibility index (Phi) is 8.98. The van der Waals surface area contributed by atoms with Gasteiger partial charge < -0.3 is 19.5 Å². The quantitative estimate of drug-likeness (QED) is 0.638. The smallest absolute Gasteiger partial charge is 0.131 e. The Morgan fingerprint density at radius 3 is 2.67 bits per heavy atom. The second-order valence-electron chi connectivity index (χ2n) is 4.84. The van der Waals surface area contributed by atoms with Gasteiger partial charge in [-0.1, -0.05) is 6.07 Å². The molecule has 0 aliphatic carbocycles. The van der Waals surface area contributed by atoms with Crippen LogP contribution >= 0.6 is 0 Å². The minimum atomic E-state index is -0.239. The number of hydrogen-bond donors (Lipinski definition) is 1. The summed E-state index contributed by atoms with van der Waals surface area (Å²) < 4.78 is 29.4. The molecule has 0 bridgehead atoms. The molecule has 1 N–H and O–H groups in total. The second-order valence-corrected chi connectivity index (χ2v) is 4.84. The van der Waals surface area contributed by atoms with Crippen LogP contribution in [0.5, 0.6) is 5.75 Å². The van der Waals surface area contributed by atoms with E-state index in [2.05, 4.69) is 5.32 Å². The van der Waals surface area contributed by atoms with Gasteiger partial charge in [0.15, 0.2) is 0 Å². The summed E-state index contributed by atoms with van der Waals surface area (Å²) in [5, 5.41) is 3.32. The number of rotatable bonds is 11. The third kappa shape index (κ3) is 6.42. The van der Waals surface area contributed by atoms with Crippen molar-refractivity contribution in [3.8, 4) is 5.75 Å². The van der Waals surface area contributed by atoms with Crippen LogP contribution in [0.4, 0.5) is 4.39 Å². The van der Waals surface area contributed by atoms with Crippen LogP contribution in [-0.4, -0.2) is 40.6 Å². The Balaban J connectivity index is 2.26. The fourth-order valence-electron chi connectivity index (χ4n) is 2.11. The normalized spacial score (nSPS) is 12.4. The van der Waals surface area contributed by atoms with Gasteiger partial charge in [0.1, 0.15) is 11.6 Å². The molecular weight excluding hydrogens is 273 g/mol. The molecule has 120 valence electrons. The summed E-state index contributed by atoms with van der Waals surface area (Å²) >= 11 is 0. The maximum atomic E-state index is 13.9. The largest absolute Gasteiger partial charge is 0.496 e. The Morgan fingerprint density at radius 2 is 1.95 bits per heavy atom. The lowest BCUT2D eigenvalue weighted by Gasteiger charge is -2.18. The molecule has 4 nitrogen and oxygen atoms in total. The van der Waals surface area contributed by atoms with Gasteiger partial charge >= 0.3 is 0 Å². The lowest BCUT2D eigenvalue weighted by atomic mass is 10.1. The highest BCUT2D eigenvalue weighted by Crippen LogP contribution is 2.27. The third-order valence-corrected chi connectivity index (χ3v) is 3.26. The van der Waals surface area contributed by atoms with Gasteiger partial charge in [0, 0.05) is 25.3 Å². The fraction of sp³-hybridized carbons (Fsp3) is 0.625. The first-order chi connectivity index (χ1) is 10.2. The molecule has 0 saturated carbocycles. The summed E-state index contributed by atoms with van der Waals surface area (Å²) in [6.45, 7) is 4.74. The van der Waals surface area contributed by atoms with Crippen LogP contribution in [0.1, 0.15) is 31.4 Å². The van der Waals surface area contributed by atoms with Crippen LogP contribution in [-0.2, 0) is 9.47 Å². The first-order valence-corrected chi connectivity index (χ1v) is 7.33. The van der Waals surface area contributed by atoms with Crippen LogP contribution in [0.2, 0.25) is 0 Å². The van der Waals surface area contributed by atoms with E-state index < -0.39 is 0 Å². The van der Waals surface area contributed by atoms with E-state index in [1.165, 1.54) is 6.07 Å². The number of benzene rings is 1. The van der Waals surface area contributed by atoms with Crippen molar-refractivity contribution in [1.82, 2.24) is 5.32 Å². The standard InChI is InChI=1S/C16H26FNO3/c1-13(16-14(17)7-6-8-15(16)20-3)18-9-4-5-10-21-12-11-19-2/h6-8,13,18H,4-5,9-12H2,1-3H3. The van der Waals surface area contributed by atoms with Crippen molar-refractivity contribution < 1.29 is 18.6 Å². The predicted molar refractivity (Wildman–Crippen MR) is 81.3 cm³/mol. The molecule has 1 aromatic carbocycles. The molecule has 1 unspecified atom stereocenters. The van der Waals surface area contributed by atoms with Crippen molar-refractivity contribution in [2.45, 2.75) is 25.8 Å². The molecule has 21 heavy (non-hydrogen) atoms. The highest BCUT2D eigenvalue weighted by molar-refractivity contribution is 5.36. The monoisotopic (exact) mass is 299 g/mol. The molecular formula is C16H26FNO3. The summed E-state index contributed by atoms with van der Waals surface area (Å²) in [7, 11) is 3.22. The Morgan fingerprint density at radius 1 is 1.14 bits per heavy atom. The maximum Gasteiger partial charge on any atom is 0.131 e. The van der Waals surface area contributed by atoms with Gasteiger partial charge in [-0.2, -0.15) is 0 Å². The Labute approximate surface area is 126 Å². The van der Waals surface area contributed by atoms with Crippen LogP contribution < -0.4 is 10.1 Å². The number of unbranched alkanes of at least 4 members (excludes halogenated alkanes) is 1. The molecule has 0 amide bonds. The van der Waals surface area contributed by atoms with Gasteiger partial charge in [-0.05, 0) is 38.4 Å². The van der Waals surface area contributed by atoms with Crippen LogP contribution in [0.3, 0.4) is 0 Å². The van der Waals surface area contributed by atoms with E-state index in [1.54, 1.807) is 26.4 Å². The molecule has 0 spiro atoms. The zero-order valence-electron chi connectivity index (χ0n) is 13.2. The van der Waals surface area contributed by atoms with Crippen molar-refractivity contribution in [3.63, 3.8) is 0 Å². The van der Waals surface area contributed by atoms with E-state index in [4.69, 9.17) is 14.2 Å². The van der Waals surface area contributed by atoms with Gasteiger partial charge in [-0.15, -0.1) is 0 Å². The minimum Gasteiger partial charge on any atom is -0.496 e. The molecule has 1 atom stereocenters. The van der Waals surface area contributed by atoms with E-state index >= 15 is 0 Å². The molecule has 0 aliphatic heterocycles. The average Bonchev–Trinajstić information content (AvgIpc) is 2.49. The van der Waals surface area contributed by atoms with Gasteiger partial charge in [0.2, 0.25) is 0 Å². The van der Waals surface area contributed by atoms with Crippen LogP contribution in [0, 0.1) is 5.82 Å². The lowest BCUT2D eigenvalue weighted by molar-refractivity contribution is 0.0687. The topological polar surface area (TPSA) is 39.7 Å². The van der Waals surface area contributed by atoms with Crippen molar-refractivity contribution in [2.75, 3.05) is 40.6 Å². The molecule has 0 fully saturated rings. The number of halogens is 1. The van der Waals surface area contributed by atoms with E-state index in [-0.39, 0.29) is 11.9 Å². The molecule has 0 saturated heterocycles. The first-order valence-electron chi connectivity index (χ1n) is 7.33. The van der Waals surface area contributed by atoms with E-state index in [0.717, 1.165) is 26.0 Å². The predicted octanol–water partition coefficient (Wildman–Crippen LogP) is 2.93. The number of hydrogen-bond acceptors (Lipinski definition) is 4. The first kappa shape index (κ1) is 17.9. The van der Waals surface area contributed by atoms with Gasteiger partial charge in [0.05, 0.1) is 20.3 Å².